The summed E-state index contributed by atoms with van der Waals surface area (Å²) in [4.78, 5) is 12.8. The van der Waals surface area contributed by atoms with Gasteiger partial charge in [-0.1, -0.05) is 30.3 Å². The average Bonchev–Trinajstić information content (AvgIpc) is 3.51. The van der Waals surface area contributed by atoms with E-state index in [1.807, 2.05) is 67.1 Å². The lowest BCUT2D eigenvalue weighted by molar-refractivity contribution is -0.116. The van der Waals surface area contributed by atoms with Crippen molar-refractivity contribution in [2.24, 2.45) is 0 Å². The lowest BCUT2D eigenvalue weighted by Crippen LogP contribution is -2.18. The van der Waals surface area contributed by atoms with Gasteiger partial charge in [0.05, 0.1) is 11.8 Å². The van der Waals surface area contributed by atoms with Gasteiger partial charge in [-0.25, -0.2) is 0 Å². The van der Waals surface area contributed by atoms with E-state index < -0.39 is 0 Å². The molecule has 0 aliphatic heterocycles. The molecule has 154 valence electrons. The van der Waals surface area contributed by atoms with Gasteiger partial charge in [0.1, 0.15) is 6.54 Å². The number of furan rings is 1. The van der Waals surface area contributed by atoms with Crippen LogP contribution in [0.2, 0.25) is 0 Å². The standard InChI is InChI=1S/C24H20N4O3/c1-15-7-5-9-19(16(15)2)25-22(29)14-28-13-18(17-8-3-4-10-20(17)28)23-26-27-24(31-23)21-11-6-12-30-21/h3-13H,14H2,1-2H3,(H,25,29). The summed E-state index contributed by atoms with van der Waals surface area (Å²) in [7, 11) is 0. The Hall–Kier alpha value is -4.13. The topological polar surface area (TPSA) is 86.1 Å². The fourth-order valence-electron chi connectivity index (χ4n) is 3.61. The molecule has 5 rings (SSSR count). The molecule has 0 aliphatic rings. The molecule has 7 heteroatoms. The largest absolute Gasteiger partial charge is 0.459 e. The summed E-state index contributed by atoms with van der Waals surface area (Å²) in [5.41, 5.74) is 4.69. The van der Waals surface area contributed by atoms with Crippen molar-refractivity contribution in [3.63, 3.8) is 0 Å². The van der Waals surface area contributed by atoms with Gasteiger partial charge in [-0.15, -0.1) is 10.2 Å². The quantitative estimate of drug-likeness (QED) is 0.428. The van der Waals surface area contributed by atoms with Crippen molar-refractivity contribution in [1.29, 1.82) is 0 Å². The van der Waals surface area contributed by atoms with E-state index in [0.29, 0.717) is 17.5 Å². The maximum Gasteiger partial charge on any atom is 0.283 e. The highest BCUT2D eigenvalue weighted by Gasteiger charge is 2.18. The first-order valence-corrected chi connectivity index (χ1v) is 9.92. The minimum absolute atomic E-state index is 0.109. The summed E-state index contributed by atoms with van der Waals surface area (Å²) in [5, 5.41) is 12.2. The summed E-state index contributed by atoms with van der Waals surface area (Å²) in [6.07, 6.45) is 3.42. The van der Waals surface area contributed by atoms with Gasteiger partial charge in [0.25, 0.3) is 5.89 Å². The highest BCUT2D eigenvalue weighted by atomic mass is 16.4. The van der Waals surface area contributed by atoms with Crippen LogP contribution < -0.4 is 5.32 Å². The predicted molar refractivity (Wildman–Crippen MR) is 117 cm³/mol. The number of nitrogens with one attached hydrogen (secondary N) is 1. The lowest BCUT2D eigenvalue weighted by Gasteiger charge is -2.11. The molecule has 0 radical (unpaired) electrons. The molecule has 2 aromatic carbocycles. The number of anilines is 1. The Morgan fingerprint density at radius 1 is 1.00 bits per heavy atom. The van der Waals surface area contributed by atoms with Gasteiger partial charge in [0.2, 0.25) is 11.8 Å². The number of nitrogens with zero attached hydrogens (tertiary/aromatic N) is 3. The van der Waals surface area contributed by atoms with Crippen LogP contribution >= 0.6 is 0 Å². The first-order valence-electron chi connectivity index (χ1n) is 9.92. The van der Waals surface area contributed by atoms with E-state index in [4.69, 9.17) is 8.83 Å². The van der Waals surface area contributed by atoms with Crippen molar-refractivity contribution < 1.29 is 13.6 Å². The number of carbonyl (C=O) groups excluding carboxylic acids is 1. The molecule has 0 fully saturated rings. The zero-order valence-corrected chi connectivity index (χ0v) is 17.1. The molecule has 0 spiro atoms. The van der Waals surface area contributed by atoms with E-state index in [2.05, 4.69) is 15.5 Å². The van der Waals surface area contributed by atoms with Gasteiger partial charge in [-0.3, -0.25) is 4.79 Å². The second-order valence-corrected chi connectivity index (χ2v) is 7.37. The second-order valence-electron chi connectivity index (χ2n) is 7.37. The van der Waals surface area contributed by atoms with Gasteiger partial charge in [0, 0.05) is 22.8 Å². The summed E-state index contributed by atoms with van der Waals surface area (Å²) in [6, 6.07) is 17.2. The molecule has 1 amide bonds. The molecule has 7 nitrogen and oxygen atoms in total. The Balaban J connectivity index is 1.46. The maximum absolute atomic E-state index is 12.8. The predicted octanol–water partition coefficient (Wildman–Crippen LogP) is 5.21. The van der Waals surface area contributed by atoms with E-state index in [0.717, 1.165) is 33.3 Å². The molecule has 5 aromatic rings. The maximum atomic E-state index is 12.8. The highest BCUT2D eigenvalue weighted by molar-refractivity contribution is 5.97. The fourth-order valence-corrected chi connectivity index (χ4v) is 3.61. The number of hydrogen-bond acceptors (Lipinski definition) is 5. The molecule has 0 atom stereocenters. The minimum Gasteiger partial charge on any atom is -0.459 e. The zero-order chi connectivity index (χ0) is 21.4. The van der Waals surface area contributed by atoms with E-state index in [-0.39, 0.29) is 12.5 Å². The Bertz CT molecular complexity index is 1380. The fraction of sp³-hybridized carbons (Fsp3) is 0.125. The number of para-hydroxylation sites is 1. The molecule has 0 saturated carbocycles. The van der Waals surface area contributed by atoms with Crippen LogP contribution in [0.1, 0.15) is 11.1 Å². The first-order chi connectivity index (χ1) is 15.1. The third-order valence-electron chi connectivity index (χ3n) is 5.37. The summed E-state index contributed by atoms with van der Waals surface area (Å²) in [6.45, 7) is 4.19. The van der Waals surface area contributed by atoms with Crippen molar-refractivity contribution in [3.8, 4) is 23.1 Å². The average molecular weight is 412 g/mol. The molecule has 3 heterocycles. The Morgan fingerprint density at radius 2 is 1.84 bits per heavy atom. The van der Waals surface area contributed by atoms with Gasteiger partial charge in [-0.2, -0.15) is 0 Å². The third-order valence-corrected chi connectivity index (χ3v) is 5.37. The Morgan fingerprint density at radius 3 is 2.68 bits per heavy atom. The summed E-state index contributed by atoms with van der Waals surface area (Å²) >= 11 is 0. The molecule has 31 heavy (non-hydrogen) atoms. The number of aryl methyl sites for hydroxylation is 1. The SMILES string of the molecule is Cc1cccc(NC(=O)Cn2cc(-c3nnc(-c4ccco4)o3)c3ccccc32)c1C. The number of amides is 1. The number of fused-ring (bicyclic) bond motifs is 1. The molecule has 0 aliphatic carbocycles. The van der Waals surface area contributed by atoms with Crippen molar-refractivity contribution in [2.75, 3.05) is 5.32 Å². The number of aromatic nitrogens is 3. The van der Waals surface area contributed by atoms with Crippen molar-refractivity contribution in [2.45, 2.75) is 20.4 Å². The monoisotopic (exact) mass is 412 g/mol. The summed E-state index contributed by atoms with van der Waals surface area (Å²) < 4.78 is 13.1. The summed E-state index contributed by atoms with van der Waals surface area (Å²) in [5.74, 6) is 1.08. The molecule has 0 unspecified atom stereocenters. The normalized spacial score (nSPS) is 11.2. The minimum atomic E-state index is -0.109. The Kier molecular flexibility index (Phi) is 4.63. The van der Waals surface area contributed by atoms with Crippen LogP contribution in [0.3, 0.4) is 0 Å². The van der Waals surface area contributed by atoms with Crippen LogP contribution in [0.5, 0.6) is 0 Å². The van der Waals surface area contributed by atoms with E-state index in [1.165, 1.54) is 0 Å². The third kappa shape index (κ3) is 3.50. The van der Waals surface area contributed by atoms with E-state index in [1.54, 1.807) is 18.4 Å². The van der Waals surface area contributed by atoms with Gasteiger partial charge in [0.15, 0.2) is 5.76 Å². The smallest absolute Gasteiger partial charge is 0.283 e. The number of benzene rings is 2. The molecule has 0 saturated heterocycles. The van der Waals surface area contributed by atoms with Crippen LogP contribution in [-0.2, 0) is 11.3 Å². The van der Waals surface area contributed by atoms with Gasteiger partial charge >= 0.3 is 0 Å². The number of rotatable bonds is 5. The molecule has 1 N–H and O–H groups in total. The van der Waals surface area contributed by atoms with Crippen LogP contribution in [0, 0.1) is 13.8 Å². The van der Waals surface area contributed by atoms with E-state index >= 15 is 0 Å². The van der Waals surface area contributed by atoms with E-state index in [9.17, 15) is 4.79 Å². The van der Waals surface area contributed by atoms with Crippen LogP contribution in [0.15, 0.2) is 75.9 Å². The van der Waals surface area contributed by atoms with Gasteiger partial charge in [-0.05, 0) is 49.2 Å². The van der Waals surface area contributed by atoms with Gasteiger partial charge < -0.3 is 18.7 Å². The van der Waals surface area contributed by atoms with Crippen molar-refractivity contribution in [3.05, 3.63) is 78.2 Å². The lowest BCUT2D eigenvalue weighted by atomic mass is 10.1. The number of carbonyl (C=O) groups is 1. The second kappa shape index (κ2) is 7.60. The van der Waals surface area contributed by atoms with Crippen LogP contribution in [-0.4, -0.2) is 20.7 Å². The molecule has 3 aromatic heterocycles. The zero-order valence-electron chi connectivity index (χ0n) is 17.1. The van der Waals surface area contributed by atoms with Crippen LogP contribution in [0.25, 0.3) is 34.0 Å². The van der Waals surface area contributed by atoms with Crippen LogP contribution in [0.4, 0.5) is 5.69 Å². The molecule has 0 bridgehead atoms. The first kappa shape index (κ1) is 18.9. The highest BCUT2D eigenvalue weighted by Crippen LogP contribution is 2.31. The van der Waals surface area contributed by atoms with Crippen molar-refractivity contribution in [1.82, 2.24) is 14.8 Å². The number of hydrogen-bond donors (Lipinski definition) is 1. The Labute approximate surface area is 178 Å². The molecular formula is C24H20N4O3. The van der Waals surface area contributed by atoms with Crippen molar-refractivity contribution >= 4 is 22.5 Å². The molecular weight excluding hydrogens is 392 g/mol.